The van der Waals surface area contributed by atoms with E-state index in [4.69, 9.17) is 27.8 Å². The summed E-state index contributed by atoms with van der Waals surface area (Å²) in [7, 11) is -8.69. The van der Waals surface area contributed by atoms with E-state index in [1.54, 1.807) is 53.2 Å². The van der Waals surface area contributed by atoms with Crippen molar-refractivity contribution >= 4 is 109 Å². The molecule has 2 aromatic heterocycles. The lowest BCUT2D eigenvalue weighted by Gasteiger charge is -2.14. The number of rotatable bonds is 6. The summed E-state index contributed by atoms with van der Waals surface area (Å²) in [6.45, 7) is 0. The van der Waals surface area contributed by atoms with Gasteiger partial charge in [-0.1, -0.05) is 53.5 Å². The van der Waals surface area contributed by atoms with E-state index < -0.39 is 31.4 Å². The number of thiophene rings is 2. The third kappa shape index (κ3) is 7.54. The van der Waals surface area contributed by atoms with Crippen LogP contribution in [0, 0.1) is 0 Å². The molecular weight excluding hydrogens is 673 g/mol. The number of halogens is 2. The fourth-order valence-corrected chi connectivity index (χ4v) is 8.42. The van der Waals surface area contributed by atoms with Crippen LogP contribution in [0.5, 0.6) is 0 Å². The number of fused-ring (bicyclic) bond motifs is 3. The topological polar surface area (TPSA) is 138 Å². The van der Waals surface area contributed by atoms with E-state index in [0.29, 0.717) is 26.7 Å². The van der Waals surface area contributed by atoms with Crippen LogP contribution in [-0.2, 0) is 30.8 Å². The van der Waals surface area contributed by atoms with Crippen LogP contribution in [0.25, 0.3) is 30.9 Å². The molecule has 1 unspecified atom stereocenters. The summed E-state index contributed by atoms with van der Waals surface area (Å²) in [5.41, 5.74) is 1.22. The summed E-state index contributed by atoms with van der Waals surface area (Å²) >= 11 is 14.5. The Bertz CT molecular complexity index is 2210. The van der Waals surface area contributed by atoms with Crippen LogP contribution in [0.15, 0.2) is 89.6 Å². The van der Waals surface area contributed by atoms with Crippen molar-refractivity contribution in [1.29, 1.82) is 0 Å². The quantitative estimate of drug-likeness (QED) is 0.149. The van der Waals surface area contributed by atoms with Gasteiger partial charge in [-0.3, -0.25) is 13.9 Å². The van der Waals surface area contributed by atoms with Crippen molar-refractivity contribution in [2.24, 2.45) is 0 Å². The molecule has 0 bridgehead atoms. The number of carbonyl (C=O) groups excluding carboxylic acids is 1. The van der Waals surface area contributed by atoms with Crippen molar-refractivity contribution in [3.8, 4) is 0 Å². The molecule has 0 spiro atoms. The molecule has 222 valence electrons. The van der Waals surface area contributed by atoms with Crippen LogP contribution in [0.2, 0.25) is 10.0 Å². The van der Waals surface area contributed by atoms with Crippen LogP contribution in [0.4, 0.5) is 5.69 Å². The maximum Gasteiger partial charge on any atom is 0.281 e. The van der Waals surface area contributed by atoms with E-state index in [0.717, 1.165) is 25.6 Å². The number of hydrogen-bond donors (Lipinski definition) is 3. The Labute approximate surface area is 265 Å². The molecule has 2 heterocycles. The van der Waals surface area contributed by atoms with E-state index in [9.17, 15) is 26.2 Å². The smallest absolute Gasteiger partial charge is 0.281 e. The highest BCUT2D eigenvalue weighted by molar-refractivity contribution is 7.86. The van der Waals surface area contributed by atoms with Crippen LogP contribution in [-0.4, -0.2) is 31.8 Å². The monoisotopic (exact) mass is 693 g/mol. The highest BCUT2D eigenvalue weighted by atomic mass is 35.5. The number of nitrogens with one attached hydrogen (secondary N) is 1. The van der Waals surface area contributed by atoms with E-state index in [2.05, 4.69) is 5.32 Å². The van der Waals surface area contributed by atoms with Crippen molar-refractivity contribution in [3.05, 3.63) is 111 Å². The van der Waals surface area contributed by atoms with Crippen molar-refractivity contribution in [1.82, 2.24) is 0 Å². The zero-order valence-electron chi connectivity index (χ0n) is 21.8. The second-order valence-corrected chi connectivity index (χ2v) is 15.1. The van der Waals surface area contributed by atoms with Crippen LogP contribution in [0.1, 0.15) is 16.4 Å². The number of carbonyl (C=O) groups is 1. The van der Waals surface area contributed by atoms with Crippen LogP contribution < -0.4 is 5.32 Å². The predicted molar refractivity (Wildman–Crippen MR) is 176 cm³/mol. The van der Waals surface area contributed by atoms with E-state index >= 15 is 0 Å². The molecule has 6 rings (SSSR count). The molecule has 0 aliphatic heterocycles. The average molecular weight is 695 g/mol. The van der Waals surface area contributed by atoms with Crippen molar-refractivity contribution < 1.29 is 30.7 Å². The molecular formula is C29H21Cl2NO7S4. The summed E-state index contributed by atoms with van der Waals surface area (Å²) in [6.07, 6.45) is 0. The van der Waals surface area contributed by atoms with Gasteiger partial charge < -0.3 is 5.32 Å². The fourth-order valence-electron chi connectivity index (χ4n) is 4.50. The van der Waals surface area contributed by atoms with E-state index in [-0.39, 0.29) is 11.3 Å². The van der Waals surface area contributed by atoms with Gasteiger partial charge in [0, 0.05) is 30.7 Å². The maximum atomic E-state index is 12.8. The second-order valence-electron chi connectivity index (χ2n) is 9.41. The highest BCUT2D eigenvalue weighted by Crippen LogP contribution is 2.36. The number of anilines is 1. The molecule has 0 radical (unpaired) electrons. The Morgan fingerprint density at radius 3 is 2.02 bits per heavy atom. The molecule has 0 saturated heterocycles. The molecule has 43 heavy (non-hydrogen) atoms. The lowest BCUT2D eigenvalue weighted by atomic mass is 10.1. The molecule has 6 aromatic rings. The van der Waals surface area contributed by atoms with Gasteiger partial charge >= 0.3 is 0 Å². The molecule has 0 aliphatic rings. The molecule has 14 heteroatoms. The van der Waals surface area contributed by atoms with Crippen LogP contribution in [0.3, 0.4) is 0 Å². The van der Waals surface area contributed by atoms with Crippen molar-refractivity contribution in [2.75, 3.05) is 5.32 Å². The van der Waals surface area contributed by atoms with Gasteiger partial charge in [0.05, 0.1) is 0 Å². The van der Waals surface area contributed by atoms with E-state index in [1.807, 2.05) is 36.4 Å². The third-order valence-electron chi connectivity index (χ3n) is 6.35. The Morgan fingerprint density at radius 2 is 1.37 bits per heavy atom. The number of amides is 1. The first-order chi connectivity index (χ1) is 20.3. The first-order valence-corrected chi connectivity index (χ1v) is 17.9. The van der Waals surface area contributed by atoms with Gasteiger partial charge in [0.25, 0.3) is 20.2 Å². The summed E-state index contributed by atoms with van der Waals surface area (Å²) in [6, 6.07) is 23.1. The fraction of sp³-hybridized carbons (Fsp3) is 0.0690. The minimum absolute atomic E-state index is 0.197. The summed E-state index contributed by atoms with van der Waals surface area (Å²) in [5, 5.41) is 8.28. The average Bonchev–Trinajstić information content (AvgIpc) is 3.51. The lowest BCUT2D eigenvalue weighted by Crippen LogP contribution is -2.27. The molecule has 1 amide bonds. The maximum absolute atomic E-state index is 12.8. The van der Waals surface area contributed by atoms with Gasteiger partial charge in [-0.15, -0.1) is 22.7 Å². The molecule has 0 aliphatic carbocycles. The second kappa shape index (κ2) is 12.5. The van der Waals surface area contributed by atoms with Gasteiger partial charge in [-0.05, 0) is 86.4 Å². The van der Waals surface area contributed by atoms with Crippen LogP contribution >= 0.6 is 45.9 Å². The Hall–Kier alpha value is -3.07. The molecule has 4 aromatic carbocycles. The molecule has 0 saturated carbocycles. The predicted octanol–water partition coefficient (Wildman–Crippen LogP) is 8.22. The Kier molecular flexibility index (Phi) is 9.12. The first kappa shape index (κ1) is 31.4. The standard InChI is InChI=1S/C20H14ClNO4S2.C9H7ClO3S2/c21-14-6-8-18-16(10-14)17(11-27-18)19(28(24,25)26)20(23)22-15-7-5-12-3-1-2-4-13(12)9-15;10-7-1-2-9-8(3-7)6(4-14-9)5-15(11,12)13/h1-11,19H,(H,22,23)(H,24,25,26);1-4H,5H2,(H,11,12,13). The first-order valence-electron chi connectivity index (χ1n) is 12.3. The van der Waals surface area contributed by atoms with Gasteiger partial charge in [-0.2, -0.15) is 16.8 Å². The molecule has 0 fully saturated rings. The van der Waals surface area contributed by atoms with Gasteiger partial charge in [0.1, 0.15) is 5.75 Å². The normalized spacial score (nSPS) is 12.7. The minimum Gasteiger partial charge on any atom is -0.325 e. The molecule has 3 N–H and O–H groups in total. The zero-order valence-corrected chi connectivity index (χ0v) is 26.5. The van der Waals surface area contributed by atoms with Gasteiger partial charge in [0.15, 0.2) is 5.25 Å². The van der Waals surface area contributed by atoms with E-state index in [1.165, 1.54) is 22.7 Å². The summed E-state index contributed by atoms with van der Waals surface area (Å²) in [4.78, 5) is 12.8. The summed E-state index contributed by atoms with van der Waals surface area (Å²) in [5.74, 6) is -1.20. The van der Waals surface area contributed by atoms with Crippen molar-refractivity contribution in [3.63, 3.8) is 0 Å². The largest absolute Gasteiger partial charge is 0.325 e. The molecule has 1 atom stereocenters. The van der Waals surface area contributed by atoms with Gasteiger partial charge in [-0.25, -0.2) is 0 Å². The summed E-state index contributed by atoms with van der Waals surface area (Å²) < 4.78 is 65.9. The van der Waals surface area contributed by atoms with Gasteiger partial charge in [0.2, 0.25) is 5.91 Å². The number of hydrogen-bond acceptors (Lipinski definition) is 7. The Morgan fingerprint density at radius 1 is 0.767 bits per heavy atom. The zero-order chi connectivity index (χ0) is 30.9. The SMILES string of the molecule is O=C(Nc1ccc2ccccc2c1)C(c1csc2ccc(Cl)cc12)S(=O)(=O)O.O=S(=O)(O)Cc1csc2ccc(Cl)cc12. The Balaban J connectivity index is 0.000000207. The number of benzene rings is 4. The third-order valence-corrected chi connectivity index (χ3v) is 10.6. The van der Waals surface area contributed by atoms with Crippen molar-refractivity contribution in [2.45, 2.75) is 11.0 Å². The highest BCUT2D eigenvalue weighted by Gasteiger charge is 2.35. The minimum atomic E-state index is -4.70. The molecule has 8 nitrogen and oxygen atoms in total. The lowest BCUT2D eigenvalue weighted by molar-refractivity contribution is -0.116.